The fourth-order valence-corrected chi connectivity index (χ4v) is 0.836. The number of rotatable bonds is 2. The van der Waals surface area contributed by atoms with Crippen LogP contribution in [0.3, 0.4) is 0 Å². The molecule has 0 aliphatic carbocycles. The normalized spacial score (nSPS) is 11.6. The van der Waals surface area contributed by atoms with Gasteiger partial charge in [0.25, 0.3) is 0 Å². The molecule has 0 N–H and O–H groups in total. The number of carboxylic acid groups (broad SMARTS) is 1. The van der Waals surface area contributed by atoms with Crippen LogP contribution in [-0.2, 0) is 10.3 Å². The van der Waals surface area contributed by atoms with E-state index in [1.165, 1.54) is 30.9 Å². The molecule has 0 aliphatic heterocycles. The summed E-state index contributed by atoms with van der Waals surface area (Å²) in [5.41, 5.74) is -1.16. The highest BCUT2D eigenvalue weighted by atomic mass is 35.5. The zero-order chi connectivity index (χ0) is 9.35. The molecule has 1 heterocycles. The number of carbonyl (C=O) groups is 1. The van der Waals surface area contributed by atoms with E-state index in [1.807, 2.05) is 0 Å². The van der Waals surface area contributed by atoms with E-state index < -0.39 is 11.5 Å². The summed E-state index contributed by atoms with van der Waals surface area (Å²) in [6.45, 7) is 2.98. The third-order valence-electron chi connectivity index (χ3n) is 1.62. The van der Waals surface area contributed by atoms with Crippen molar-refractivity contribution < 1.29 is 9.90 Å². The predicted octanol–water partition coefficient (Wildman–Crippen LogP) is 0.0215. The Labute approximate surface area is 74.8 Å². The molecule has 0 spiro atoms. The van der Waals surface area contributed by atoms with Gasteiger partial charge >= 0.3 is 0 Å². The van der Waals surface area contributed by atoms with Crippen LogP contribution in [0, 0.1) is 0 Å². The van der Waals surface area contributed by atoms with Crippen molar-refractivity contribution in [3.63, 3.8) is 0 Å². The third kappa shape index (κ3) is 1.43. The van der Waals surface area contributed by atoms with Crippen LogP contribution in [0.1, 0.15) is 13.8 Å². The van der Waals surface area contributed by atoms with Crippen molar-refractivity contribution in [1.29, 1.82) is 0 Å². The van der Waals surface area contributed by atoms with Crippen LogP contribution in [0.5, 0.6) is 0 Å². The molecule has 0 aromatic carbocycles. The van der Waals surface area contributed by atoms with Gasteiger partial charge in [-0.2, -0.15) is 5.10 Å². The molecule has 1 aromatic heterocycles. The average molecular weight is 188 g/mol. The van der Waals surface area contributed by atoms with Gasteiger partial charge in [-0.3, -0.25) is 4.68 Å². The molecule has 0 amide bonds. The first-order valence-electron chi connectivity index (χ1n) is 3.36. The van der Waals surface area contributed by atoms with E-state index in [-0.39, 0.29) is 0 Å². The van der Waals surface area contributed by atoms with E-state index in [4.69, 9.17) is 11.6 Å². The lowest BCUT2D eigenvalue weighted by molar-refractivity contribution is -0.316. The lowest BCUT2D eigenvalue weighted by atomic mass is 10.1. The lowest BCUT2D eigenvalue weighted by Crippen LogP contribution is -2.46. The fourth-order valence-electron chi connectivity index (χ4n) is 0.700. The number of carboxylic acids is 1. The monoisotopic (exact) mass is 187 g/mol. The molecule has 66 valence electrons. The minimum absolute atomic E-state index is 0.407. The van der Waals surface area contributed by atoms with Gasteiger partial charge < -0.3 is 9.90 Å². The predicted molar refractivity (Wildman–Crippen MR) is 41.6 cm³/mol. The van der Waals surface area contributed by atoms with Crippen LogP contribution in [-0.4, -0.2) is 15.7 Å². The smallest absolute Gasteiger partial charge is 0.0963 e. The second-order valence-corrected chi connectivity index (χ2v) is 3.39. The Morgan fingerprint density at radius 1 is 1.75 bits per heavy atom. The molecular weight excluding hydrogens is 180 g/mol. The molecule has 4 nitrogen and oxygen atoms in total. The van der Waals surface area contributed by atoms with Gasteiger partial charge in [0, 0.05) is 6.20 Å². The summed E-state index contributed by atoms with van der Waals surface area (Å²) in [5.74, 6) is -1.19. The van der Waals surface area contributed by atoms with E-state index in [2.05, 4.69) is 5.10 Å². The first kappa shape index (κ1) is 9.06. The average Bonchev–Trinajstić information content (AvgIpc) is 2.35. The Balaban J connectivity index is 3.05. The van der Waals surface area contributed by atoms with Gasteiger partial charge in [-0.1, -0.05) is 11.6 Å². The topological polar surface area (TPSA) is 57.9 Å². The number of nitrogens with zero attached hydrogens (tertiary/aromatic N) is 2. The maximum Gasteiger partial charge on any atom is 0.0963 e. The fraction of sp³-hybridized carbons (Fsp3) is 0.429. The number of halogens is 1. The molecule has 0 bridgehead atoms. The maximum absolute atomic E-state index is 10.6. The molecule has 0 saturated carbocycles. The van der Waals surface area contributed by atoms with Gasteiger partial charge in [0.1, 0.15) is 0 Å². The summed E-state index contributed by atoms with van der Waals surface area (Å²) in [4.78, 5) is 10.6. The van der Waals surface area contributed by atoms with Gasteiger partial charge in [-0.15, -0.1) is 0 Å². The molecule has 12 heavy (non-hydrogen) atoms. The SMILES string of the molecule is CC(C)(C(=O)[O-])n1cc(Cl)cn1. The molecule has 5 heteroatoms. The largest absolute Gasteiger partial charge is 0.548 e. The Morgan fingerprint density at radius 3 is 2.67 bits per heavy atom. The van der Waals surface area contributed by atoms with Crippen molar-refractivity contribution in [2.75, 3.05) is 0 Å². The molecule has 0 fully saturated rings. The minimum Gasteiger partial charge on any atom is -0.548 e. The first-order chi connectivity index (χ1) is 5.44. The standard InChI is InChI=1S/C7H9ClN2O2/c1-7(2,6(11)12)10-4-5(8)3-9-10/h3-4H,1-2H3,(H,11,12)/p-1. The van der Waals surface area contributed by atoms with Crippen LogP contribution < -0.4 is 5.11 Å². The Hall–Kier alpha value is -1.03. The minimum atomic E-state index is -1.19. The molecule has 0 atom stereocenters. The summed E-state index contributed by atoms with van der Waals surface area (Å²) in [6, 6.07) is 0. The van der Waals surface area contributed by atoms with Crippen molar-refractivity contribution in [1.82, 2.24) is 9.78 Å². The van der Waals surface area contributed by atoms with E-state index in [0.29, 0.717) is 5.02 Å². The van der Waals surface area contributed by atoms with Gasteiger partial charge in [0.05, 0.1) is 22.7 Å². The Morgan fingerprint density at radius 2 is 2.33 bits per heavy atom. The molecule has 1 rings (SSSR count). The van der Waals surface area contributed by atoms with Crippen LogP contribution in [0.25, 0.3) is 0 Å². The summed E-state index contributed by atoms with van der Waals surface area (Å²) in [6.07, 6.45) is 2.82. The van der Waals surface area contributed by atoms with Crippen LogP contribution in [0.15, 0.2) is 12.4 Å². The molecule has 0 radical (unpaired) electrons. The summed E-state index contributed by atoms with van der Waals surface area (Å²) >= 11 is 5.57. The lowest BCUT2D eigenvalue weighted by Gasteiger charge is -2.25. The van der Waals surface area contributed by atoms with Gasteiger partial charge in [0.15, 0.2) is 0 Å². The summed E-state index contributed by atoms with van der Waals surface area (Å²) in [5, 5.41) is 14.8. The molecule has 1 aromatic rings. The number of aromatic nitrogens is 2. The number of hydrogen-bond acceptors (Lipinski definition) is 3. The van der Waals surface area contributed by atoms with Gasteiger partial charge in [-0.05, 0) is 13.8 Å². The van der Waals surface area contributed by atoms with Crippen LogP contribution in [0.4, 0.5) is 0 Å². The highest BCUT2D eigenvalue weighted by Gasteiger charge is 2.22. The summed E-state index contributed by atoms with van der Waals surface area (Å²) < 4.78 is 1.25. The van der Waals surface area contributed by atoms with E-state index in [9.17, 15) is 9.90 Å². The Bertz CT molecular complexity index is 306. The second kappa shape index (κ2) is 2.79. The molecule has 0 unspecified atom stereocenters. The second-order valence-electron chi connectivity index (χ2n) is 2.95. The highest BCUT2D eigenvalue weighted by Crippen LogP contribution is 2.15. The van der Waals surface area contributed by atoms with E-state index in [0.717, 1.165) is 0 Å². The van der Waals surface area contributed by atoms with Crippen molar-refractivity contribution >= 4 is 17.6 Å². The summed E-state index contributed by atoms with van der Waals surface area (Å²) in [7, 11) is 0. The zero-order valence-corrected chi connectivity index (χ0v) is 7.50. The quantitative estimate of drug-likeness (QED) is 0.656. The van der Waals surface area contributed by atoms with Gasteiger partial charge in [-0.25, -0.2) is 0 Å². The van der Waals surface area contributed by atoms with Gasteiger partial charge in [0.2, 0.25) is 0 Å². The van der Waals surface area contributed by atoms with E-state index >= 15 is 0 Å². The van der Waals surface area contributed by atoms with Crippen molar-refractivity contribution in [3.05, 3.63) is 17.4 Å². The number of carbonyl (C=O) groups excluding carboxylic acids is 1. The number of aliphatic carboxylic acids is 1. The zero-order valence-electron chi connectivity index (χ0n) is 6.74. The number of hydrogen-bond donors (Lipinski definition) is 0. The van der Waals surface area contributed by atoms with Crippen LogP contribution >= 0.6 is 11.6 Å². The maximum atomic E-state index is 10.6. The first-order valence-corrected chi connectivity index (χ1v) is 3.74. The van der Waals surface area contributed by atoms with Crippen molar-refractivity contribution in [3.8, 4) is 0 Å². The third-order valence-corrected chi connectivity index (χ3v) is 1.82. The van der Waals surface area contributed by atoms with E-state index in [1.54, 1.807) is 0 Å². The molecular formula is C7H8ClN2O2-. The highest BCUT2D eigenvalue weighted by molar-refractivity contribution is 6.30. The van der Waals surface area contributed by atoms with Crippen LogP contribution in [0.2, 0.25) is 5.02 Å². The molecule has 0 saturated heterocycles. The van der Waals surface area contributed by atoms with Crippen molar-refractivity contribution in [2.45, 2.75) is 19.4 Å². The molecule has 0 aliphatic rings. The Kier molecular flexibility index (Phi) is 2.10. The van der Waals surface area contributed by atoms with Crippen molar-refractivity contribution in [2.24, 2.45) is 0 Å².